The van der Waals surface area contributed by atoms with E-state index in [9.17, 15) is 5.11 Å². The molecule has 0 atom stereocenters. The fourth-order valence-corrected chi connectivity index (χ4v) is 2.69. The van der Waals surface area contributed by atoms with Crippen LogP contribution in [0, 0.1) is 0 Å². The van der Waals surface area contributed by atoms with Gasteiger partial charge in [0.15, 0.2) is 0 Å². The highest BCUT2D eigenvalue weighted by atomic mass is 16.5. The van der Waals surface area contributed by atoms with Crippen molar-refractivity contribution >= 4 is 5.69 Å². The van der Waals surface area contributed by atoms with Crippen LogP contribution in [0.4, 0.5) is 5.69 Å². The number of ether oxygens (including phenoxy) is 2. The first-order valence-electron chi connectivity index (χ1n) is 7.54. The summed E-state index contributed by atoms with van der Waals surface area (Å²) in [7, 11) is 3.26. The summed E-state index contributed by atoms with van der Waals surface area (Å²) in [6.45, 7) is 0. The van der Waals surface area contributed by atoms with Gasteiger partial charge in [0.05, 0.1) is 19.9 Å². The molecule has 3 aromatic rings. The molecule has 0 spiro atoms. The first-order chi connectivity index (χ1) is 11.6. The molecule has 4 heteroatoms. The van der Waals surface area contributed by atoms with E-state index in [0.717, 1.165) is 33.8 Å². The van der Waals surface area contributed by atoms with Crippen molar-refractivity contribution in [2.24, 2.45) is 0 Å². The van der Waals surface area contributed by atoms with Crippen LogP contribution in [0.15, 0.2) is 60.7 Å². The molecule has 24 heavy (non-hydrogen) atoms. The van der Waals surface area contributed by atoms with E-state index < -0.39 is 0 Å². The Kier molecular flexibility index (Phi) is 4.29. The molecule has 0 saturated heterocycles. The average molecular weight is 321 g/mol. The molecular formula is C20H19NO3. The van der Waals surface area contributed by atoms with Crippen LogP contribution >= 0.6 is 0 Å². The molecule has 0 unspecified atom stereocenters. The summed E-state index contributed by atoms with van der Waals surface area (Å²) in [5.74, 6) is 1.62. The lowest BCUT2D eigenvalue weighted by Crippen LogP contribution is -1.95. The van der Waals surface area contributed by atoms with Crippen molar-refractivity contribution in [3.8, 4) is 39.5 Å². The molecule has 3 aromatic carbocycles. The van der Waals surface area contributed by atoms with Crippen LogP contribution in [0.3, 0.4) is 0 Å². The topological polar surface area (TPSA) is 64.7 Å². The van der Waals surface area contributed by atoms with Crippen molar-refractivity contribution < 1.29 is 14.6 Å². The number of anilines is 1. The predicted octanol–water partition coefficient (Wildman–Crippen LogP) is 4.33. The van der Waals surface area contributed by atoms with Gasteiger partial charge in [0, 0.05) is 5.56 Å². The summed E-state index contributed by atoms with van der Waals surface area (Å²) in [4.78, 5) is 0. The third-order valence-electron chi connectivity index (χ3n) is 4.00. The zero-order chi connectivity index (χ0) is 17.1. The molecule has 0 bridgehead atoms. The van der Waals surface area contributed by atoms with Gasteiger partial charge in [-0.1, -0.05) is 24.3 Å². The van der Waals surface area contributed by atoms with E-state index in [1.54, 1.807) is 20.3 Å². The number of aromatic hydroxyl groups is 1. The molecule has 0 aliphatic heterocycles. The number of phenols is 1. The molecule has 0 amide bonds. The van der Waals surface area contributed by atoms with E-state index in [4.69, 9.17) is 15.2 Å². The Labute approximate surface area is 141 Å². The maximum absolute atomic E-state index is 10.0. The molecule has 4 nitrogen and oxygen atoms in total. The van der Waals surface area contributed by atoms with Crippen LogP contribution in [0.2, 0.25) is 0 Å². The van der Waals surface area contributed by atoms with E-state index in [1.165, 1.54) is 0 Å². The van der Waals surface area contributed by atoms with E-state index in [2.05, 4.69) is 0 Å². The maximum Gasteiger partial charge on any atom is 0.139 e. The van der Waals surface area contributed by atoms with Gasteiger partial charge in [-0.2, -0.15) is 0 Å². The molecular weight excluding hydrogens is 302 g/mol. The van der Waals surface area contributed by atoms with Gasteiger partial charge in [-0.3, -0.25) is 0 Å². The number of nitrogen functional groups attached to an aromatic ring is 1. The van der Waals surface area contributed by atoms with Crippen LogP contribution in [-0.2, 0) is 0 Å². The van der Waals surface area contributed by atoms with E-state index in [-0.39, 0.29) is 5.75 Å². The Bertz CT molecular complexity index is 840. The Morgan fingerprint density at radius 2 is 1.21 bits per heavy atom. The summed E-state index contributed by atoms with van der Waals surface area (Å²) in [6.07, 6.45) is 0. The number of hydrogen-bond donors (Lipinski definition) is 2. The lowest BCUT2D eigenvalue weighted by molar-refractivity contribution is 0.414. The molecule has 0 heterocycles. The third-order valence-corrected chi connectivity index (χ3v) is 4.00. The molecule has 122 valence electrons. The van der Waals surface area contributed by atoms with Gasteiger partial charge in [-0.05, 0) is 53.1 Å². The number of rotatable bonds is 4. The Balaban J connectivity index is 2.17. The second kappa shape index (κ2) is 6.54. The van der Waals surface area contributed by atoms with Gasteiger partial charge < -0.3 is 20.3 Å². The quantitative estimate of drug-likeness (QED) is 0.554. The van der Waals surface area contributed by atoms with E-state index in [0.29, 0.717) is 5.69 Å². The van der Waals surface area contributed by atoms with Gasteiger partial charge >= 0.3 is 0 Å². The van der Waals surface area contributed by atoms with Crippen molar-refractivity contribution in [2.45, 2.75) is 0 Å². The molecule has 0 aromatic heterocycles. The molecule has 3 rings (SSSR count). The highest BCUT2D eigenvalue weighted by Gasteiger charge is 2.14. The largest absolute Gasteiger partial charge is 0.506 e. The summed E-state index contributed by atoms with van der Waals surface area (Å²) < 4.78 is 10.4. The SMILES string of the molecule is COc1ccc(-c2ccc(O)c(N)c2-c2ccc(OC)cc2)cc1. The second-order valence-corrected chi connectivity index (χ2v) is 5.38. The molecule has 0 saturated carbocycles. The smallest absolute Gasteiger partial charge is 0.139 e. The van der Waals surface area contributed by atoms with Gasteiger partial charge in [0.25, 0.3) is 0 Å². The normalized spacial score (nSPS) is 10.4. The van der Waals surface area contributed by atoms with Crippen molar-refractivity contribution in [3.63, 3.8) is 0 Å². The lowest BCUT2D eigenvalue weighted by Gasteiger charge is -2.15. The highest BCUT2D eigenvalue weighted by Crippen LogP contribution is 2.41. The van der Waals surface area contributed by atoms with Crippen LogP contribution < -0.4 is 15.2 Å². The van der Waals surface area contributed by atoms with Crippen molar-refractivity contribution in [1.82, 2.24) is 0 Å². The molecule has 0 radical (unpaired) electrons. The maximum atomic E-state index is 10.0. The summed E-state index contributed by atoms with van der Waals surface area (Å²) in [5.41, 5.74) is 10.2. The van der Waals surface area contributed by atoms with E-state index in [1.807, 2.05) is 54.6 Å². The average Bonchev–Trinajstić information content (AvgIpc) is 2.64. The van der Waals surface area contributed by atoms with Crippen LogP contribution in [0.5, 0.6) is 17.2 Å². The number of phenolic OH excluding ortho intramolecular Hbond substituents is 1. The standard InChI is InChI=1S/C20H19NO3/c1-23-15-7-3-13(4-8-15)17-11-12-18(22)20(21)19(17)14-5-9-16(24-2)10-6-14/h3-12,22H,21H2,1-2H3. The third kappa shape index (κ3) is 2.86. The number of benzene rings is 3. The molecule has 0 aliphatic carbocycles. The van der Waals surface area contributed by atoms with Crippen LogP contribution in [0.25, 0.3) is 22.3 Å². The second-order valence-electron chi connectivity index (χ2n) is 5.38. The number of hydrogen-bond acceptors (Lipinski definition) is 4. The van der Waals surface area contributed by atoms with Crippen molar-refractivity contribution in [3.05, 3.63) is 60.7 Å². The fourth-order valence-electron chi connectivity index (χ4n) is 2.69. The van der Waals surface area contributed by atoms with Crippen LogP contribution in [-0.4, -0.2) is 19.3 Å². The number of methoxy groups -OCH3 is 2. The summed E-state index contributed by atoms with van der Waals surface area (Å²) in [5, 5.41) is 10.0. The minimum Gasteiger partial charge on any atom is -0.506 e. The Hall–Kier alpha value is -3.14. The lowest BCUT2D eigenvalue weighted by atomic mass is 9.92. The van der Waals surface area contributed by atoms with Gasteiger partial charge in [-0.25, -0.2) is 0 Å². The summed E-state index contributed by atoms with van der Waals surface area (Å²) in [6, 6.07) is 18.8. The summed E-state index contributed by atoms with van der Waals surface area (Å²) >= 11 is 0. The predicted molar refractivity (Wildman–Crippen MR) is 96.5 cm³/mol. The molecule has 3 N–H and O–H groups in total. The van der Waals surface area contributed by atoms with Crippen molar-refractivity contribution in [1.29, 1.82) is 0 Å². The Morgan fingerprint density at radius 1 is 0.708 bits per heavy atom. The zero-order valence-corrected chi connectivity index (χ0v) is 13.6. The Morgan fingerprint density at radius 3 is 1.71 bits per heavy atom. The number of nitrogens with two attached hydrogens (primary N) is 1. The van der Waals surface area contributed by atoms with Crippen LogP contribution in [0.1, 0.15) is 0 Å². The zero-order valence-electron chi connectivity index (χ0n) is 13.6. The minimum absolute atomic E-state index is 0.0677. The fraction of sp³-hybridized carbons (Fsp3) is 0.100. The molecule has 0 fully saturated rings. The first-order valence-corrected chi connectivity index (χ1v) is 7.54. The highest BCUT2D eigenvalue weighted by molar-refractivity contribution is 5.93. The van der Waals surface area contributed by atoms with E-state index >= 15 is 0 Å². The van der Waals surface area contributed by atoms with Crippen molar-refractivity contribution in [2.75, 3.05) is 20.0 Å². The monoisotopic (exact) mass is 321 g/mol. The van der Waals surface area contributed by atoms with Gasteiger partial charge in [0.1, 0.15) is 17.2 Å². The van der Waals surface area contributed by atoms with Gasteiger partial charge in [-0.15, -0.1) is 0 Å². The van der Waals surface area contributed by atoms with Gasteiger partial charge in [0.2, 0.25) is 0 Å². The first kappa shape index (κ1) is 15.7. The minimum atomic E-state index is 0.0677. The molecule has 0 aliphatic rings.